The number of sulfonamides is 1. The quantitative estimate of drug-likeness (QED) is 0.465. The molecule has 39 heavy (non-hydrogen) atoms. The van der Waals surface area contributed by atoms with Crippen LogP contribution >= 0.6 is 11.3 Å². The van der Waals surface area contributed by atoms with E-state index in [2.05, 4.69) is 15.0 Å². The summed E-state index contributed by atoms with van der Waals surface area (Å²) in [6.07, 6.45) is 4.76. The van der Waals surface area contributed by atoms with Crippen LogP contribution in [0.4, 0.5) is 4.79 Å². The molecule has 2 aromatic rings. The Morgan fingerprint density at radius 1 is 1.18 bits per heavy atom. The molecule has 0 spiro atoms. The summed E-state index contributed by atoms with van der Waals surface area (Å²) in [6.45, 7) is 7.76. The summed E-state index contributed by atoms with van der Waals surface area (Å²) in [6, 6.07) is 5.30. The molecule has 2 fully saturated rings. The molecule has 2 aliphatic rings. The van der Waals surface area contributed by atoms with E-state index in [1.807, 2.05) is 19.9 Å². The Bertz CT molecular complexity index is 1250. The van der Waals surface area contributed by atoms with E-state index >= 15 is 0 Å². The van der Waals surface area contributed by atoms with E-state index in [1.54, 1.807) is 30.2 Å². The van der Waals surface area contributed by atoms with Gasteiger partial charge in [-0.1, -0.05) is 19.1 Å². The molecular formula is C27H38N4O6S2. The third kappa shape index (κ3) is 7.77. The first-order valence-electron chi connectivity index (χ1n) is 13.6. The predicted octanol–water partition coefficient (Wildman–Crippen LogP) is 3.67. The Hall–Kier alpha value is -2.54. The molecule has 0 unspecified atom stereocenters. The minimum absolute atomic E-state index is 0.0412. The van der Waals surface area contributed by atoms with Crippen molar-refractivity contribution in [3.05, 3.63) is 35.0 Å². The lowest BCUT2D eigenvalue weighted by atomic mass is 9.86. The van der Waals surface area contributed by atoms with Gasteiger partial charge in [0.1, 0.15) is 0 Å². The number of ether oxygens (including phenoxy) is 2. The number of benzene rings is 1. The van der Waals surface area contributed by atoms with E-state index in [0.717, 1.165) is 35.6 Å². The van der Waals surface area contributed by atoms with Gasteiger partial charge in [0.05, 0.1) is 40.5 Å². The summed E-state index contributed by atoms with van der Waals surface area (Å²) in [5.41, 5.74) is 1.23. The zero-order chi connectivity index (χ0) is 28.0. The number of amides is 2. The van der Waals surface area contributed by atoms with Crippen LogP contribution in [0, 0.1) is 0 Å². The van der Waals surface area contributed by atoms with Gasteiger partial charge in [-0.3, -0.25) is 4.79 Å². The molecule has 2 heterocycles. The highest BCUT2D eigenvalue weighted by Gasteiger charge is 2.28. The number of rotatable bonds is 9. The number of nitrogens with one attached hydrogen (secondary N) is 2. The molecule has 1 aliphatic carbocycles. The first-order chi connectivity index (χ1) is 18.7. The molecule has 2 N–H and O–H groups in total. The molecule has 10 nitrogen and oxygen atoms in total. The predicted molar refractivity (Wildman–Crippen MR) is 149 cm³/mol. The number of carbonyl (C=O) groups excluding carboxylic acids is 2. The van der Waals surface area contributed by atoms with Crippen LogP contribution in [-0.4, -0.2) is 75.3 Å². The molecule has 12 heteroatoms. The zero-order valence-electron chi connectivity index (χ0n) is 22.8. The first-order valence-corrected chi connectivity index (χ1v) is 15.9. The van der Waals surface area contributed by atoms with Crippen molar-refractivity contribution in [2.24, 2.45) is 0 Å². The number of nitrogens with zero attached hydrogens (tertiary/aromatic N) is 2. The van der Waals surface area contributed by atoms with E-state index in [-0.39, 0.29) is 47.9 Å². The normalized spacial score (nSPS) is 20.2. The number of alkyl carbamates (subject to hydrolysis) is 1. The van der Waals surface area contributed by atoms with Gasteiger partial charge in [-0.25, -0.2) is 22.9 Å². The van der Waals surface area contributed by atoms with Crippen LogP contribution in [0.2, 0.25) is 0 Å². The molecule has 1 aromatic carbocycles. The topological polar surface area (TPSA) is 127 Å². The molecule has 1 saturated carbocycles. The second kappa shape index (κ2) is 13.2. The monoisotopic (exact) mass is 578 g/mol. The molecular weight excluding hydrogens is 540 g/mol. The van der Waals surface area contributed by atoms with Gasteiger partial charge >= 0.3 is 6.09 Å². The Balaban J connectivity index is 1.49. The summed E-state index contributed by atoms with van der Waals surface area (Å²) in [5, 5.41) is 3.91. The average Bonchev–Trinajstić information content (AvgIpc) is 3.39. The molecule has 1 saturated heterocycles. The van der Waals surface area contributed by atoms with Gasteiger partial charge in [-0.05, 0) is 51.2 Å². The van der Waals surface area contributed by atoms with Gasteiger partial charge in [-0.2, -0.15) is 0 Å². The number of carbonyl (C=O) groups is 2. The van der Waals surface area contributed by atoms with Gasteiger partial charge in [0.2, 0.25) is 15.9 Å². The minimum Gasteiger partial charge on any atom is -0.447 e. The zero-order valence-corrected chi connectivity index (χ0v) is 24.4. The lowest BCUT2D eigenvalue weighted by molar-refractivity contribution is -0.134. The molecule has 0 atom stereocenters. The summed E-state index contributed by atoms with van der Waals surface area (Å²) < 4.78 is 39.5. The highest BCUT2D eigenvalue weighted by molar-refractivity contribution is 7.89. The van der Waals surface area contributed by atoms with Crippen molar-refractivity contribution in [1.29, 1.82) is 0 Å². The molecule has 214 valence electrons. The fraction of sp³-hybridized carbons (Fsp3) is 0.593. The highest BCUT2D eigenvalue weighted by Crippen LogP contribution is 2.39. The summed E-state index contributed by atoms with van der Waals surface area (Å²) in [7, 11) is -3.78. The molecule has 0 radical (unpaired) electrons. The van der Waals surface area contributed by atoms with Crippen LogP contribution in [0.25, 0.3) is 10.4 Å². The number of morpholine rings is 1. The van der Waals surface area contributed by atoms with Crippen molar-refractivity contribution in [3.63, 3.8) is 0 Å². The van der Waals surface area contributed by atoms with Crippen molar-refractivity contribution >= 4 is 33.4 Å². The van der Waals surface area contributed by atoms with E-state index in [0.29, 0.717) is 37.4 Å². The third-order valence-electron chi connectivity index (χ3n) is 6.92. The summed E-state index contributed by atoms with van der Waals surface area (Å²) in [5.74, 6) is 0.211. The Kier molecular flexibility index (Phi) is 9.97. The fourth-order valence-electron chi connectivity index (χ4n) is 4.97. The standard InChI is InChI=1S/C27H38N4O6S2/c1-4-29-39(34,35)24-15-19(16-25(32)31-11-13-36-14-12-31)5-10-22(24)23-17-28-26(38-23)20-6-8-21(9-7-20)30-27(33)37-18(2)3/h5,10,15,17-18,20-21,29H,4,6-9,11-14,16H2,1-3H3,(H,30,33)/t20-,21-. The van der Waals surface area contributed by atoms with Gasteiger partial charge in [0.25, 0.3) is 0 Å². The fourth-order valence-corrected chi connectivity index (χ4v) is 7.47. The number of thiazole rings is 1. The van der Waals surface area contributed by atoms with Crippen molar-refractivity contribution in [2.45, 2.75) is 75.8 Å². The van der Waals surface area contributed by atoms with E-state index < -0.39 is 10.0 Å². The molecule has 1 aliphatic heterocycles. The van der Waals surface area contributed by atoms with E-state index in [9.17, 15) is 18.0 Å². The Morgan fingerprint density at radius 2 is 1.90 bits per heavy atom. The minimum atomic E-state index is -3.78. The number of hydrogen-bond acceptors (Lipinski definition) is 8. The summed E-state index contributed by atoms with van der Waals surface area (Å²) in [4.78, 5) is 32.1. The largest absolute Gasteiger partial charge is 0.447 e. The maximum atomic E-state index is 13.2. The second-order valence-corrected chi connectivity index (χ2v) is 13.0. The Morgan fingerprint density at radius 3 is 2.56 bits per heavy atom. The van der Waals surface area contributed by atoms with Crippen LogP contribution in [0.1, 0.15) is 62.9 Å². The average molecular weight is 579 g/mol. The molecule has 0 bridgehead atoms. The van der Waals surface area contributed by atoms with Crippen LogP contribution in [0.15, 0.2) is 29.3 Å². The SMILES string of the molecule is CCNS(=O)(=O)c1cc(CC(=O)N2CCOCC2)ccc1-c1cnc([C@H]2CC[C@H](NC(=O)OC(C)C)CC2)s1. The van der Waals surface area contributed by atoms with Gasteiger partial charge in [-0.15, -0.1) is 11.3 Å². The van der Waals surface area contributed by atoms with Gasteiger partial charge in [0, 0.05) is 43.4 Å². The number of aromatic nitrogens is 1. The molecule has 2 amide bonds. The lowest BCUT2D eigenvalue weighted by Crippen LogP contribution is -2.41. The maximum Gasteiger partial charge on any atom is 0.407 e. The van der Waals surface area contributed by atoms with Crippen molar-refractivity contribution in [2.75, 3.05) is 32.8 Å². The molecule has 4 rings (SSSR count). The summed E-state index contributed by atoms with van der Waals surface area (Å²) >= 11 is 1.50. The Labute approximate surface area is 234 Å². The third-order valence-corrected chi connectivity index (χ3v) is 9.70. The van der Waals surface area contributed by atoms with Crippen molar-refractivity contribution in [3.8, 4) is 10.4 Å². The number of hydrogen-bond donors (Lipinski definition) is 2. The van der Waals surface area contributed by atoms with Gasteiger partial charge in [0.15, 0.2) is 0 Å². The van der Waals surface area contributed by atoms with E-state index in [1.165, 1.54) is 11.3 Å². The van der Waals surface area contributed by atoms with Crippen LogP contribution < -0.4 is 10.0 Å². The smallest absolute Gasteiger partial charge is 0.407 e. The van der Waals surface area contributed by atoms with Crippen molar-refractivity contribution < 1.29 is 27.5 Å². The van der Waals surface area contributed by atoms with Crippen LogP contribution in [-0.2, 0) is 30.7 Å². The first kappa shape index (κ1) is 29.4. The maximum absolute atomic E-state index is 13.2. The second-order valence-electron chi connectivity index (χ2n) is 10.2. The highest BCUT2D eigenvalue weighted by atomic mass is 32.2. The van der Waals surface area contributed by atoms with Crippen LogP contribution in [0.3, 0.4) is 0 Å². The van der Waals surface area contributed by atoms with Crippen molar-refractivity contribution in [1.82, 2.24) is 19.9 Å². The molecule has 1 aromatic heterocycles. The van der Waals surface area contributed by atoms with Gasteiger partial charge < -0.3 is 19.7 Å². The van der Waals surface area contributed by atoms with Crippen LogP contribution in [0.5, 0.6) is 0 Å². The van der Waals surface area contributed by atoms with E-state index in [4.69, 9.17) is 9.47 Å². The lowest BCUT2D eigenvalue weighted by Gasteiger charge is -2.28.